The Balaban J connectivity index is 1.65. The zero-order valence-electron chi connectivity index (χ0n) is 9.27. The third-order valence-corrected chi connectivity index (χ3v) is 3.80. The van der Waals surface area contributed by atoms with Crippen molar-refractivity contribution >= 4 is 17.6 Å². The van der Waals surface area contributed by atoms with Gasteiger partial charge >= 0.3 is 5.97 Å². The van der Waals surface area contributed by atoms with Crippen molar-refractivity contribution < 1.29 is 14.7 Å². The summed E-state index contributed by atoms with van der Waals surface area (Å²) >= 11 is 0. The van der Waals surface area contributed by atoms with Crippen molar-refractivity contribution in [1.29, 1.82) is 0 Å². The Kier molecular flexibility index (Phi) is 2.02. The Bertz CT molecular complexity index is 488. The molecule has 2 aliphatic rings. The maximum absolute atomic E-state index is 11.8. The molecule has 1 aromatic carbocycles. The van der Waals surface area contributed by atoms with Gasteiger partial charge < -0.3 is 10.4 Å². The number of nitrogens with one attached hydrogen (secondary N) is 1. The maximum atomic E-state index is 11.8. The number of carbonyl (C=O) groups is 2. The van der Waals surface area contributed by atoms with Gasteiger partial charge in [-0.3, -0.25) is 4.79 Å². The van der Waals surface area contributed by atoms with Gasteiger partial charge in [-0.2, -0.15) is 0 Å². The summed E-state index contributed by atoms with van der Waals surface area (Å²) in [6, 6.07) is 6.25. The number of hydrogen-bond acceptors (Lipinski definition) is 2. The molecule has 2 saturated carbocycles. The van der Waals surface area contributed by atoms with Crippen LogP contribution in [0.3, 0.4) is 0 Å². The number of amides is 1. The summed E-state index contributed by atoms with van der Waals surface area (Å²) in [6.45, 7) is 0. The van der Waals surface area contributed by atoms with Crippen LogP contribution in [0.25, 0.3) is 0 Å². The molecule has 0 saturated heterocycles. The molecule has 0 aliphatic heterocycles. The molecule has 0 heterocycles. The molecule has 1 aromatic rings. The van der Waals surface area contributed by atoms with E-state index in [1.165, 1.54) is 25.0 Å². The summed E-state index contributed by atoms with van der Waals surface area (Å²) in [5, 5.41) is 11.6. The molecule has 0 bridgehead atoms. The molecular formula is C13H13NO3. The second-order valence-corrected chi connectivity index (χ2v) is 4.99. The number of carboxylic acid groups (broad SMARTS) is 1. The van der Waals surface area contributed by atoms with E-state index in [1.807, 2.05) is 0 Å². The van der Waals surface area contributed by atoms with E-state index in [1.54, 1.807) is 12.1 Å². The first kappa shape index (κ1) is 10.3. The van der Waals surface area contributed by atoms with E-state index in [-0.39, 0.29) is 17.4 Å². The summed E-state index contributed by atoms with van der Waals surface area (Å²) in [5.74, 6) is -0.700. The largest absolute Gasteiger partial charge is 0.478 e. The zero-order valence-corrected chi connectivity index (χ0v) is 9.27. The van der Waals surface area contributed by atoms with E-state index in [0.29, 0.717) is 11.1 Å². The molecule has 4 nitrogen and oxygen atoms in total. The second kappa shape index (κ2) is 3.32. The van der Waals surface area contributed by atoms with Gasteiger partial charge in [0.15, 0.2) is 0 Å². The molecule has 1 unspecified atom stereocenters. The van der Waals surface area contributed by atoms with E-state index in [9.17, 15) is 9.59 Å². The van der Waals surface area contributed by atoms with Crippen molar-refractivity contribution in [2.24, 2.45) is 11.3 Å². The first-order chi connectivity index (χ1) is 8.11. The summed E-state index contributed by atoms with van der Waals surface area (Å²) < 4.78 is 0. The van der Waals surface area contributed by atoms with E-state index in [2.05, 4.69) is 5.32 Å². The number of benzene rings is 1. The van der Waals surface area contributed by atoms with Gasteiger partial charge in [0, 0.05) is 11.6 Å². The standard InChI is InChI=1S/C13H13NO3/c15-11(10-7-13(10)5-6-13)14-9-3-1-8(2-4-9)12(16)17/h1-4,10H,5-7H2,(H,14,15)(H,16,17). The van der Waals surface area contributed by atoms with E-state index in [0.717, 1.165) is 6.42 Å². The molecule has 1 atom stereocenters. The Hall–Kier alpha value is -1.84. The van der Waals surface area contributed by atoms with Gasteiger partial charge in [0.05, 0.1) is 5.56 Å². The van der Waals surface area contributed by atoms with Gasteiger partial charge in [0.2, 0.25) is 5.91 Å². The number of aromatic carboxylic acids is 1. The van der Waals surface area contributed by atoms with E-state index < -0.39 is 5.97 Å². The highest BCUT2D eigenvalue weighted by atomic mass is 16.4. The van der Waals surface area contributed by atoms with Crippen molar-refractivity contribution in [3.63, 3.8) is 0 Å². The number of anilines is 1. The number of carboxylic acids is 1. The van der Waals surface area contributed by atoms with Crippen LogP contribution in [0.1, 0.15) is 29.6 Å². The van der Waals surface area contributed by atoms with Crippen molar-refractivity contribution in [1.82, 2.24) is 0 Å². The molecule has 88 valence electrons. The fraction of sp³-hybridized carbons (Fsp3) is 0.385. The van der Waals surface area contributed by atoms with Crippen LogP contribution in [0.5, 0.6) is 0 Å². The lowest BCUT2D eigenvalue weighted by Crippen LogP contribution is -2.15. The smallest absolute Gasteiger partial charge is 0.335 e. The number of hydrogen-bond donors (Lipinski definition) is 2. The zero-order chi connectivity index (χ0) is 12.0. The Morgan fingerprint density at radius 3 is 2.35 bits per heavy atom. The quantitative estimate of drug-likeness (QED) is 0.837. The van der Waals surface area contributed by atoms with E-state index in [4.69, 9.17) is 5.11 Å². The average Bonchev–Trinajstić information content (AvgIpc) is 3.20. The van der Waals surface area contributed by atoms with Crippen LogP contribution in [0.2, 0.25) is 0 Å². The molecule has 0 radical (unpaired) electrons. The third-order valence-electron chi connectivity index (χ3n) is 3.80. The number of rotatable bonds is 3. The first-order valence-electron chi connectivity index (χ1n) is 5.75. The molecule has 0 aromatic heterocycles. The number of carbonyl (C=O) groups excluding carboxylic acids is 1. The topological polar surface area (TPSA) is 66.4 Å². The van der Waals surface area contributed by atoms with Gasteiger partial charge in [-0.15, -0.1) is 0 Å². The highest BCUT2D eigenvalue weighted by Crippen LogP contribution is 2.70. The monoisotopic (exact) mass is 231 g/mol. The lowest BCUT2D eigenvalue weighted by molar-refractivity contribution is -0.117. The highest BCUT2D eigenvalue weighted by Gasteiger charge is 2.65. The minimum Gasteiger partial charge on any atom is -0.478 e. The van der Waals surface area contributed by atoms with Crippen LogP contribution in [0.4, 0.5) is 5.69 Å². The fourth-order valence-corrected chi connectivity index (χ4v) is 2.36. The van der Waals surface area contributed by atoms with Gasteiger partial charge in [-0.1, -0.05) is 0 Å². The van der Waals surface area contributed by atoms with Crippen LogP contribution < -0.4 is 5.32 Å². The van der Waals surface area contributed by atoms with Gasteiger partial charge in [0.25, 0.3) is 0 Å². The predicted octanol–water partition coefficient (Wildman–Crippen LogP) is 2.12. The maximum Gasteiger partial charge on any atom is 0.335 e. The van der Waals surface area contributed by atoms with Crippen LogP contribution in [0, 0.1) is 11.3 Å². The molecule has 17 heavy (non-hydrogen) atoms. The minimum atomic E-state index is -0.956. The second-order valence-electron chi connectivity index (χ2n) is 4.99. The fourth-order valence-electron chi connectivity index (χ4n) is 2.36. The molecule has 2 N–H and O–H groups in total. The Morgan fingerprint density at radius 2 is 1.88 bits per heavy atom. The minimum absolute atomic E-state index is 0.0746. The third kappa shape index (κ3) is 1.79. The van der Waals surface area contributed by atoms with Gasteiger partial charge in [-0.25, -0.2) is 4.79 Å². The summed E-state index contributed by atoms with van der Waals surface area (Å²) in [4.78, 5) is 22.5. The van der Waals surface area contributed by atoms with Crippen molar-refractivity contribution in [3.05, 3.63) is 29.8 Å². The molecule has 1 amide bonds. The van der Waals surface area contributed by atoms with Gasteiger partial charge in [0.1, 0.15) is 0 Å². The van der Waals surface area contributed by atoms with Crippen LogP contribution in [-0.4, -0.2) is 17.0 Å². The summed E-state index contributed by atoms with van der Waals surface area (Å²) in [5.41, 5.74) is 1.25. The van der Waals surface area contributed by atoms with Crippen molar-refractivity contribution in [2.45, 2.75) is 19.3 Å². The molecule has 2 aliphatic carbocycles. The molecule has 4 heteroatoms. The Morgan fingerprint density at radius 1 is 1.24 bits per heavy atom. The lowest BCUT2D eigenvalue weighted by Gasteiger charge is -2.04. The predicted molar refractivity (Wildman–Crippen MR) is 61.8 cm³/mol. The van der Waals surface area contributed by atoms with Gasteiger partial charge in [-0.05, 0) is 48.9 Å². The van der Waals surface area contributed by atoms with Crippen LogP contribution in [-0.2, 0) is 4.79 Å². The summed E-state index contributed by atoms with van der Waals surface area (Å²) in [7, 11) is 0. The normalized spacial score (nSPS) is 23.2. The summed E-state index contributed by atoms with van der Waals surface area (Å²) in [6.07, 6.45) is 3.39. The van der Waals surface area contributed by atoms with Crippen LogP contribution >= 0.6 is 0 Å². The van der Waals surface area contributed by atoms with E-state index >= 15 is 0 Å². The SMILES string of the molecule is O=C(O)c1ccc(NC(=O)C2CC23CC3)cc1. The van der Waals surface area contributed by atoms with Crippen molar-refractivity contribution in [2.75, 3.05) is 5.32 Å². The highest BCUT2D eigenvalue weighted by molar-refractivity contribution is 5.96. The molecular weight excluding hydrogens is 218 g/mol. The van der Waals surface area contributed by atoms with Crippen LogP contribution in [0.15, 0.2) is 24.3 Å². The Labute approximate surface area is 98.6 Å². The molecule has 1 spiro atoms. The molecule has 3 rings (SSSR count). The average molecular weight is 231 g/mol. The lowest BCUT2D eigenvalue weighted by atomic mass is 10.2. The first-order valence-corrected chi connectivity index (χ1v) is 5.75. The van der Waals surface area contributed by atoms with Crippen molar-refractivity contribution in [3.8, 4) is 0 Å². The molecule has 2 fully saturated rings.